The number of allylic oxidation sites excluding steroid dienone is 1. The summed E-state index contributed by atoms with van der Waals surface area (Å²) in [6, 6.07) is 5.66. The van der Waals surface area contributed by atoms with E-state index in [1.807, 2.05) is 24.0 Å². The summed E-state index contributed by atoms with van der Waals surface area (Å²) in [5, 5.41) is 11.0. The van der Waals surface area contributed by atoms with Crippen molar-refractivity contribution in [2.45, 2.75) is 25.4 Å². The molecule has 0 radical (unpaired) electrons. The number of hydrogen-bond acceptors (Lipinski definition) is 5. The third-order valence-electron chi connectivity index (χ3n) is 6.93. The Morgan fingerprint density at radius 3 is 2.61 bits per heavy atom. The second-order valence-corrected chi connectivity index (χ2v) is 9.13. The molecule has 0 bridgehead atoms. The molecule has 9 heteroatoms. The summed E-state index contributed by atoms with van der Waals surface area (Å²) in [7, 11) is 0. The Morgan fingerprint density at radius 2 is 1.92 bits per heavy atom. The first-order chi connectivity index (χ1) is 17.2. The highest BCUT2D eigenvalue weighted by molar-refractivity contribution is 5.96. The third-order valence-corrected chi connectivity index (χ3v) is 6.93. The normalized spacial score (nSPS) is 17.8. The molecule has 1 saturated heterocycles. The number of aromatic nitrogens is 2. The zero-order valence-electron chi connectivity index (χ0n) is 19.7. The van der Waals surface area contributed by atoms with Gasteiger partial charge >= 0.3 is 6.18 Å². The van der Waals surface area contributed by atoms with Gasteiger partial charge in [0.15, 0.2) is 0 Å². The number of alkyl halides is 3. The molecule has 6 nitrogen and oxygen atoms in total. The second-order valence-electron chi connectivity index (χ2n) is 9.13. The maximum absolute atomic E-state index is 14.5. The Morgan fingerprint density at radius 1 is 1.17 bits per heavy atom. The molecular weight excluding hydrogens is 469 g/mol. The fourth-order valence-electron chi connectivity index (χ4n) is 5.15. The van der Waals surface area contributed by atoms with Crippen LogP contribution >= 0.6 is 0 Å². The largest absolute Gasteiger partial charge is 0.507 e. The van der Waals surface area contributed by atoms with Gasteiger partial charge in [0.25, 0.3) is 0 Å². The minimum absolute atomic E-state index is 0.0561. The predicted octanol–water partition coefficient (Wildman–Crippen LogP) is 5.38. The van der Waals surface area contributed by atoms with Crippen LogP contribution in [0.2, 0.25) is 0 Å². The van der Waals surface area contributed by atoms with Crippen molar-refractivity contribution in [2.24, 2.45) is 0 Å². The molecule has 1 N–H and O–H groups in total. The molecule has 0 spiro atoms. The number of benzene rings is 2. The zero-order chi connectivity index (χ0) is 25.6. The molecule has 1 atom stereocenters. The minimum atomic E-state index is -4.67. The Balaban J connectivity index is 1.67. The van der Waals surface area contributed by atoms with Crippen molar-refractivity contribution in [3.05, 3.63) is 66.0 Å². The van der Waals surface area contributed by atoms with Gasteiger partial charge in [-0.1, -0.05) is 31.7 Å². The lowest BCUT2D eigenvalue weighted by Gasteiger charge is -2.35. The van der Waals surface area contributed by atoms with Crippen molar-refractivity contribution in [1.29, 1.82) is 0 Å². The van der Waals surface area contributed by atoms with Crippen molar-refractivity contribution in [2.75, 3.05) is 31.1 Å². The first kappa shape index (κ1) is 23.8. The van der Waals surface area contributed by atoms with Crippen molar-refractivity contribution in [3.63, 3.8) is 0 Å². The summed E-state index contributed by atoms with van der Waals surface area (Å²) < 4.78 is 43.4. The Labute approximate surface area is 206 Å². The fourth-order valence-corrected chi connectivity index (χ4v) is 5.15. The summed E-state index contributed by atoms with van der Waals surface area (Å²) in [5.74, 6) is -0.0444. The van der Waals surface area contributed by atoms with Gasteiger partial charge in [-0.3, -0.25) is 4.79 Å². The number of nitrogens with zero attached hydrogens (tertiary/aromatic N) is 4. The SMILES string of the molecule is C=CC(=O)N1CCN(c2ncnc3cc(-c4c(O)ccc5c4C(C)CC=C5)c(C(F)(F)F)cc23)CC1. The molecule has 5 rings (SSSR count). The zero-order valence-corrected chi connectivity index (χ0v) is 19.7. The molecule has 1 unspecified atom stereocenters. The number of piperazine rings is 1. The molecule has 36 heavy (non-hydrogen) atoms. The van der Waals surface area contributed by atoms with Crippen molar-refractivity contribution < 1.29 is 23.1 Å². The van der Waals surface area contributed by atoms with E-state index in [0.717, 1.165) is 11.6 Å². The van der Waals surface area contributed by atoms with Crippen LogP contribution in [0.4, 0.5) is 19.0 Å². The highest BCUT2D eigenvalue weighted by Crippen LogP contribution is 2.48. The molecule has 186 valence electrons. The summed E-state index contributed by atoms with van der Waals surface area (Å²) in [6.45, 7) is 7.11. The van der Waals surface area contributed by atoms with Gasteiger partial charge in [0.2, 0.25) is 5.91 Å². The van der Waals surface area contributed by atoms with Gasteiger partial charge in [-0.05, 0) is 47.7 Å². The van der Waals surface area contributed by atoms with Crippen molar-refractivity contribution >= 4 is 28.7 Å². The van der Waals surface area contributed by atoms with Crippen LogP contribution in [-0.4, -0.2) is 52.1 Å². The van der Waals surface area contributed by atoms with Crippen molar-refractivity contribution in [3.8, 4) is 16.9 Å². The first-order valence-corrected chi connectivity index (χ1v) is 11.7. The molecule has 1 aromatic heterocycles. The minimum Gasteiger partial charge on any atom is -0.507 e. The smallest absolute Gasteiger partial charge is 0.417 e. The molecule has 1 aliphatic carbocycles. The number of halogens is 3. The molecule has 2 aromatic carbocycles. The number of carbonyl (C=O) groups is 1. The Bertz CT molecular complexity index is 1390. The lowest BCUT2D eigenvalue weighted by Crippen LogP contribution is -2.48. The van der Waals surface area contributed by atoms with Gasteiger partial charge in [-0.25, -0.2) is 9.97 Å². The molecule has 3 aromatic rings. The van der Waals surface area contributed by atoms with Gasteiger partial charge in [-0.2, -0.15) is 13.2 Å². The van der Waals surface area contributed by atoms with Gasteiger partial charge < -0.3 is 14.9 Å². The standard InChI is InChI=1S/C27H25F3N4O2/c1-3-23(36)33-9-11-34(12-10-33)26-19-13-20(27(28,29)30)18(14-21(19)31-15-32-26)25-22(35)8-7-17-6-4-5-16(2)24(17)25/h3-4,6-8,13-16,35H,1,5,9-12H2,2H3. The van der Waals surface area contributed by atoms with Crippen LogP contribution in [0.1, 0.15) is 36.0 Å². The van der Waals surface area contributed by atoms with Gasteiger partial charge in [0.1, 0.15) is 17.9 Å². The maximum atomic E-state index is 14.5. The third kappa shape index (κ3) is 4.08. The second kappa shape index (κ2) is 8.96. The van der Waals surface area contributed by atoms with E-state index in [4.69, 9.17) is 0 Å². The molecule has 1 fully saturated rings. The summed E-state index contributed by atoms with van der Waals surface area (Å²) in [5.41, 5.74) is 1.08. The highest BCUT2D eigenvalue weighted by atomic mass is 19.4. The number of rotatable bonds is 3. The van der Waals surface area contributed by atoms with E-state index < -0.39 is 11.7 Å². The van der Waals surface area contributed by atoms with E-state index in [2.05, 4.69) is 16.5 Å². The Kier molecular flexibility index (Phi) is 5.94. The number of phenols is 1. The number of carbonyl (C=O) groups excluding carboxylic acids is 1. The predicted molar refractivity (Wildman–Crippen MR) is 133 cm³/mol. The maximum Gasteiger partial charge on any atom is 0.417 e. The van der Waals surface area contributed by atoms with Crippen LogP contribution in [0.15, 0.2) is 49.3 Å². The highest BCUT2D eigenvalue weighted by Gasteiger charge is 2.37. The van der Waals surface area contributed by atoms with Crippen LogP contribution in [0.3, 0.4) is 0 Å². The van der Waals surface area contributed by atoms with E-state index >= 15 is 0 Å². The van der Waals surface area contributed by atoms with E-state index in [0.29, 0.717) is 49.5 Å². The number of hydrogen-bond donors (Lipinski definition) is 1. The molecule has 0 saturated carbocycles. The number of fused-ring (bicyclic) bond motifs is 2. The topological polar surface area (TPSA) is 69.6 Å². The molecule has 2 aliphatic rings. The van der Waals surface area contributed by atoms with Crippen LogP contribution in [0.25, 0.3) is 28.1 Å². The number of phenolic OH excluding ortho intramolecular Hbond substituents is 1. The molecule has 2 heterocycles. The van der Waals surface area contributed by atoms with Crippen molar-refractivity contribution in [1.82, 2.24) is 14.9 Å². The first-order valence-electron chi connectivity index (χ1n) is 11.7. The quantitative estimate of drug-likeness (QED) is 0.496. The molecular formula is C27H25F3N4O2. The van der Waals surface area contributed by atoms with E-state index in [1.54, 1.807) is 11.0 Å². The van der Waals surface area contributed by atoms with Crippen LogP contribution in [-0.2, 0) is 11.0 Å². The fraction of sp³-hybridized carbons (Fsp3) is 0.296. The van der Waals surface area contributed by atoms with Gasteiger partial charge in [0, 0.05) is 42.7 Å². The summed E-state index contributed by atoms with van der Waals surface area (Å²) >= 11 is 0. The summed E-state index contributed by atoms with van der Waals surface area (Å²) in [6.07, 6.45) is 2.45. The van der Waals surface area contributed by atoms with Gasteiger partial charge in [0.05, 0.1) is 11.1 Å². The lowest BCUT2D eigenvalue weighted by atomic mass is 9.81. The van der Waals surface area contributed by atoms with Crippen LogP contribution in [0.5, 0.6) is 5.75 Å². The number of aromatic hydroxyl groups is 1. The Hall–Kier alpha value is -3.88. The van der Waals surface area contributed by atoms with Crippen LogP contribution < -0.4 is 4.90 Å². The molecule has 1 aliphatic heterocycles. The molecule has 1 amide bonds. The number of anilines is 1. The van der Waals surface area contributed by atoms with E-state index in [-0.39, 0.29) is 34.1 Å². The average Bonchev–Trinajstić information content (AvgIpc) is 2.87. The monoisotopic (exact) mass is 494 g/mol. The number of amides is 1. The van der Waals surface area contributed by atoms with Crippen LogP contribution in [0, 0.1) is 0 Å². The van der Waals surface area contributed by atoms with E-state index in [9.17, 15) is 23.1 Å². The lowest BCUT2D eigenvalue weighted by molar-refractivity contribution is -0.137. The summed E-state index contributed by atoms with van der Waals surface area (Å²) in [4.78, 5) is 24.0. The average molecular weight is 495 g/mol. The van der Waals surface area contributed by atoms with E-state index in [1.165, 1.54) is 24.5 Å². The van der Waals surface area contributed by atoms with Gasteiger partial charge in [-0.15, -0.1) is 0 Å².